The molecule has 25 heavy (non-hydrogen) atoms. The third-order valence-electron chi connectivity index (χ3n) is 3.76. The van der Waals surface area contributed by atoms with Gasteiger partial charge in [-0.25, -0.2) is 9.78 Å². The molecular weight excluding hydrogens is 335 g/mol. The maximum atomic E-state index is 12.5. The summed E-state index contributed by atoms with van der Waals surface area (Å²) in [6.07, 6.45) is -3.98. The Labute approximate surface area is 142 Å². The molecule has 2 aromatic rings. The Morgan fingerprint density at radius 2 is 2.04 bits per heavy atom. The monoisotopic (exact) mass is 351 g/mol. The van der Waals surface area contributed by atoms with Crippen LogP contribution in [-0.2, 0) is 6.18 Å². The highest BCUT2D eigenvalue weighted by molar-refractivity contribution is 5.90. The van der Waals surface area contributed by atoms with Crippen LogP contribution in [0.15, 0.2) is 42.6 Å². The molecule has 1 aliphatic rings. The number of ether oxygens (including phenoxy) is 1. The van der Waals surface area contributed by atoms with E-state index in [0.717, 1.165) is 17.8 Å². The number of pyridine rings is 1. The lowest BCUT2D eigenvalue weighted by Gasteiger charge is -2.38. The molecule has 132 valence electrons. The highest BCUT2D eigenvalue weighted by atomic mass is 19.4. The van der Waals surface area contributed by atoms with Crippen LogP contribution in [0, 0.1) is 6.92 Å². The number of carbonyl (C=O) groups excluding carboxylic acids is 1. The summed E-state index contributed by atoms with van der Waals surface area (Å²) in [5.41, 5.74) is 0.919. The van der Waals surface area contributed by atoms with Gasteiger partial charge in [0.25, 0.3) is 0 Å². The molecule has 2 heterocycles. The summed E-state index contributed by atoms with van der Waals surface area (Å²) >= 11 is 0. The van der Waals surface area contributed by atoms with Gasteiger partial charge in [-0.1, -0.05) is 12.1 Å². The average molecular weight is 351 g/mol. The predicted molar refractivity (Wildman–Crippen MR) is 85.4 cm³/mol. The summed E-state index contributed by atoms with van der Waals surface area (Å²) in [6.45, 7) is 2.63. The van der Waals surface area contributed by atoms with Crippen molar-refractivity contribution >= 4 is 11.7 Å². The van der Waals surface area contributed by atoms with E-state index in [4.69, 9.17) is 4.74 Å². The Hall–Kier alpha value is -2.77. The van der Waals surface area contributed by atoms with E-state index in [1.807, 2.05) is 25.1 Å². The summed E-state index contributed by atoms with van der Waals surface area (Å²) in [4.78, 5) is 17.3. The van der Waals surface area contributed by atoms with Crippen LogP contribution in [0.3, 0.4) is 0 Å². The molecule has 2 amide bonds. The fraction of sp³-hybridized carbons (Fsp3) is 0.294. The van der Waals surface area contributed by atoms with Gasteiger partial charge in [-0.05, 0) is 30.7 Å². The van der Waals surface area contributed by atoms with E-state index in [9.17, 15) is 18.0 Å². The second kappa shape index (κ2) is 6.62. The molecule has 1 saturated heterocycles. The van der Waals surface area contributed by atoms with Crippen molar-refractivity contribution in [2.75, 3.05) is 18.4 Å². The number of alkyl halides is 3. The minimum absolute atomic E-state index is 0.108. The largest absolute Gasteiger partial charge is 0.471 e. The maximum Gasteiger partial charge on any atom is 0.417 e. The molecular formula is C17H16F3N3O2. The number of aryl methyl sites for hydroxylation is 1. The van der Waals surface area contributed by atoms with Crippen molar-refractivity contribution in [1.82, 2.24) is 9.88 Å². The van der Waals surface area contributed by atoms with Gasteiger partial charge in [-0.2, -0.15) is 13.2 Å². The van der Waals surface area contributed by atoms with Crippen LogP contribution in [0.5, 0.6) is 5.88 Å². The van der Waals surface area contributed by atoms with Crippen LogP contribution in [-0.4, -0.2) is 35.1 Å². The van der Waals surface area contributed by atoms with Gasteiger partial charge in [-0.15, -0.1) is 0 Å². The zero-order chi connectivity index (χ0) is 18.0. The number of amides is 2. The Bertz CT molecular complexity index is 756. The van der Waals surface area contributed by atoms with Gasteiger partial charge in [0.05, 0.1) is 18.7 Å². The van der Waals surface area contributed by atoms with Gasteiger partial charge in [0.15, 0.2) is 0 Å². The van der Waals surface area contributed by atoms with Gasteiger partial charge in [0.1, 0.15) is 6.10 Å². The molecule has 0 saturated carbocycles. The molecule has 1 N–H and O–H groups in total. The fourth-order valence-corrected chi connectivity index (χ4v) is 2.39. The van der Waals surface area contributed by atoms with Crippen LogP contribution >= 0.6 is 0 Å². The van der Waals surface area contributed by atoms with Crippen molar-refractivity contribution in [1.29, 1.82) is 0 Å². The second-order valence-corrected chi connectivity index (χ2v) is 5.83. The van der Waals surface area contributed by atoms with Gasteiger partial charge < -0.3 is 15.0 Å². The van der Waals surface area contributed by atoms with Crippen LogP contribution < -0.4 is 10.1 Å². The molecule has 0 unspecified atom stereocenters. The van der Waals surface area contributed by atoms with Gasteiger partial charge in [0, 0.05) is 18.0 Å². The van der Waals surface area contributed by atoms with E-state index in [2.05, 4.69) is 10.3 Å². The number of benzene rings is 1. The first-order valence-corrected chi connectivity index (χ1v) is 7.64. The van der Waals surface area contributed by atoms with Crippen LogP contribution in [0.1, 0.15) is 11.1 Å². The highest BCUT2D eigenvalue weighted by Gasteiger charge is 2.33. The number of carbonyl (C=O) groups is 1. The van der Waals surface area contributed by atoms with Crippen molar-refractivity contribution in [3.8, 4) is 5.88 Å². The minimum Gasteiger partial charge on any atom is -0.471 e. The summed E-state index contributed by atoms with van der Waals surface area (Å²) in [5, 5.41) is 2.78. The number of aromatic nitrogens is 1. The van der Waals surface area contributed by atoms with Crippen molar-refractivity contribution in [2.45, 2.75) is 19.2 Å². The molecule has 0 aliphatic carbocycles. The number of hydrogen-bond donors (Lipinski definition) is 1. The molecule has 3 rings (SSSR count). The number of nitrogens with zero attached hydrogens (tertiary/aromatic N) is 2. The highest BCUT2D eigenvalue weighted by Crippen LogP contribution is 2.29. The third-order valence-corrected chi connectivity index (χ3v) is 3.76. The summed E-state index contributed by atoms with van der Waals surface area (Å²) in [7, 11) is 0. The first-order chi connectivity index (χ1) is 11.8. The number of urea groups is 1. The van der Waals surface area contributed by atoms with E-state index < -0.39 is 11.7 Å². The normalized spacial score (nSPS) is 14.8. The van der Waals surface area contributed by atoms with Gasteiger partial charge in [-0.3, -0.25) is 0 Å². The molecule has 8 heteroatoms. The third kappa shape index (κ3) is 4.20. The van der Waals surface area contributed by atoms with E-state index in [1.54, 1.807) is 11.0 Å². The summed E-state index contributed by atoms with van der Waals surface area (Å²) in [6, 6.07) is 9.29. The molecule has 0 spiro atoms. The molecule has 1 aromatic heterocycles. The molecule has 0 bridgehead atoms. The second-order valence-electron chi connectivity index (χ2n) is 5.83. The predicted octanol–water partition coefficient (Wildman–Crippen LogP) is 3.70. The Kier molecular flexibility index (Phi) is 4.52. The van der Waals surface area contributed by atoms with E-state index in [0.29, 0.717) is 18.8 Å². The summed E-state index contributed by atoms with van der Waals surface area (Å²) in [5.74, 6) is 0.108. The molecule has 5 nitrogen and oxygen atoms in total. The molecule has 0 atom stereocenters. The van der Waals surface area contributed by atoms with E-state index in [1.165, 1.54) is 6.07 Å². The number of halogens is 3. The molecule has 1 fully saturated rings. The number of hydrogen-bond acceptors (Lipinski definition) is 3. The van der Waals surface area contributed by atoms with Crippen LogP contribution in [0.4, 0.5) is 23.7 Å². The maximum absolute atomic E-state index is 12.5. The SMILES string of the molecule is Cc1cccc(NC(=O)N2CC(Oc3ccc(C(F)(F)F)cn3)C2)c1. The lowest BCUT2D eigenvalue weighted by atomic mass is 10.2. The number of rotatable bonds is 3. The number of likely N-dealkylation sites (tertiary alicyclic amines) is 1. The fourth-order valence-electron chi connectivity index (χ4n) is 2.39. The Morgan fingerprint density at radius 1 is 1.28 bits per heavy atom. The molecule has 0 radical (unpaired) electrons. The number of nitrogens with one attached hydrogen (secondary N) is 1. The first-order valence-electron chi connectivity index (χ1n) is 7.64. The van der Waals surface area contributed by atoms with Gasteiger partial charge in [0.2, 0.25) is 5.88 Å². The number of anilines is 1. The van der Waals surface area contributed by atoms with Crippen LogP contribution in [0.25, 0.3) is 0 Å². The quantitative estimate of drug-likeness (QED) is 0.917. The van der Waals surface area contributed by atoms with Crippen molar-refractivity contribution in [2.24, 2.45) is 0 Å². The lowest BCUT2D eigenvalue weighted by Crippen LogP contribution is -2.57. The Morgan fingerprint density at radius 3 is 2.64 bits per heavy atom. The average Bonchev–Trinajstić information content (AvgIpc) is 2.50. The van der Waals surface area contributed by atoms with Crippen molar-refractivity contribution < 1.29 is 22.7 Å². The topological polar surface area (TPSA) is 54.5 Å². The van der Waals surface area contributed by atoms with E-state index in [-0.39, 0.29) is 18.0 Å². The van der Waals surface area contributed by atoms with Gasteiger partial charge >= 0.3 is 12.2 Å². The van der Waals surface area contributed by atoms with Crippen LogP contribution in [0.2, 0.25) is 0 Å². The first kappa shape index (κ1) is 17.1. The van der Waals surface area contributed by atoms with E-state index >= 15 is 0 Å². The van der Waals surface area contributed by atoms with Crippen molar-refractivity contribution in [3.63, 3.8) is 0 Å². The standard InChI is InChI=1S/C17H16F3N3O2/c1-11-3-2-4-13(7-11)22-16(24)23-9-14(10-23)25-15-6-5-12(8-21-15)17(18,19)20/h2-8,14H,9-10H2,1H3,(H,22,24). The smallest absolute Gasteiger partial charge is 0.417 e. The zero-order valence-corrected chi connectivity index (χ0v) is 13.4. The minimum atomic E-state index is -4.42. The lowest BCUT2D eigenvalue weighted by molar-refractivity contribution is -0.137. The Balaban J connectivity index is 1.48. The molecule has 1 aromatic carbocycles. The summed E-state index contributed by atoms with van der Waals surface area (Å²) < 4.78 is 42.9. The van der Waals surface area contributed by atoms with Crippen molar-refractivity contribution in [3.05, 3.63) is 53.7 Å². The zero-order valence-electron chi connectivity index (χ0n) is 13.4. The molecule has 1 aliphatic heterocycles.